The number of hydrogen-bond acceptors (Lipinski definition) is 5. The van der Waals surface area contributed by atoms with Gasteiger partial charge in [-0.15, -0.1) is 11.3 Å². The number of H-pyrrole nitrogens is 1. The molecule has 2 N–H and O–H groups in total. The topological polar surface area (TPSA) is 70.2 Å². The van der Waals surface area contributed by atoms with Gasteiger partial charge in [-0.1, -0.05) is 0 Å². The predicted molar refractivity (Wildman–Crippen MR) is 121 cm³/mol. The number of rotatable bonds is 7. The average molecular weight is 479 g/mol. The number of likely N-dealkylation sites (tertiary alicyclic amines) is 1. The van der Waals surface area contributed by atoms with Crippen molar-refractivity contribution in [3.8, 4) is 5.75 Å². The normalized spacial score (nSPS) is 23.2. The maximum atomic E-state index is 12.6. The third-order valence-electron chi connectivity index (χ3n) is 6.69. The summed E-state index contributed by atoms with van der Waals surface area (Å²) in [5.41, 5.74) is 3.56. The fourth-order valence-corrected chi connectivity index (χ4v) is 5.82. The van der Waals surface area contributed by atoms with Gasteiger partial charge in [0.15, 0.2) is 0 Å². The summed E-state index contributed by atoms with van der Waals surface area (Å²) in [6.07, 6.45) is 0.483. The minimum absolute atomic E-state index is 0.260. The lowest BCUT2D eigenvalue weighted by molar-refractivity contribution is -0.144. The zero-order valence-corrected chi connectivity index (χ0v) is 18.7. The number of aromatic amines is 1. The van der Waals surface area contributed by atoms with E-state index in [-0.39, 0.29) is 5.91 Å². The van der Waals surface area contributed by atoms with Crippen LogP contribution in [0.25, 0.3) is 10.9 Å². The lowest BCUT2D eigenvalue weighted by atomic mass is 10.0. The first-order valence-electron chi connectivity index (χ1n) is 11.1. The molecule has 1 saturated carbocycles. The smallest absolute Gasteiger partial charge is 0.401 e. The minimum Gasteiger partial charge on any atom is -0.494 e. The largest absolute Gasteiger partial charge is 0.494 e. The van der Waals surface area contributed by atoms with Gasteiger partial charge in [-0.3, -0.25) is 9.69 Å². The lowest BCUT2D eigenvalue weighted by Crippen LogP contribution is -2.33. The molecule has 2 fully saturated rings. The molecule has 5 rings (SSSR count). The number of nitrogens with zero attached hydrogens (tertiary/aromatic N) is 2. The first kappa shape index (κ1) is 22.2. The molecular weight excluding hydrogens is 453 g/mol. The van der Waals surface area contributed by atoms with Gasteiger partial charge in [-0.25, -0.2) is 4.98 Å². The Kier molecular flexibility index (Phi) is 6.05. The van der Waals surface area contributed by atoms with E-state index in [9.17, 15) is 18.0 Å². The number of ether oxygens (including phenoxy) is 1. The number of carbonyl (C=O) groups is 1. The van der Waals surface area contributed by atoms with Gasteiger partial charge < -0.3 is 15.0 Å². The average Bonchev–Trinajstić information content (AvgIpc) is 3.51. The first-order chi connectivity index (χ1) is 15.8. The number of alkyl halides is 3. The summed E-state index contributed by atoms with van der Waals surface area (Å²) < 4.78 is 43.9. The molecule has 176 valence electrons. The molecular formula is C23H25F3N4O2S. The number of halogens is 3. The molecule has 2 aromatic heterocycles. The van der Waals surface area contributed by atoms with Crippen molar-refractivity contribution >= 4 is 33.8 Å². The van der Waals surface area contributed by atoms with Crippen LogP contribution in [0.15, 0.2) is 35.3 Å². The number of nitrogens with one attached hydrogen (secondary N) is 2. The van der Waals surface area contributed by atoms with Gasteiger partial charge in [0.05, 0.1) is 24.3 Å². The number of amides is 1. The molecule has 1 aliphatic carbocycles. The van der Waals surface area contributed by atoms with Crippen molar-refractivity contribution < 1.29 is 22.7 Å². The summed E-state index contributed by atoms with van der Waals surface area (Å²) in [6, 6.07) is 5.71. The van der Waals surface area contributed by atoms with Gasteiger partial charge in [0.25, 0.3) is 5.91 Å². The quantitative estimate of drug-likeness (QED) is 0.492. The van der Waals surface area contributed by atoms with E-state index >= 15 is 0 Å². The van der Waals surface area contributed by atoms with Crippen LogP contribution < -0.4 is 10.1 Å². The monoisotopic (exact) mass is 478 g/mol. The number of aromatic nitrogens is 2. The van der Waals surface area contributed by atoms with Gasteiger partial charge in [0, 0.05) is 35.6 Å². The maximum Gasteiger partial charge on any atom is 0.401 e. The molecule has 0 spiro atoms. The Morgan fingerprint density at radius 2 is 2.06 bits per heavy atom. The number of fused-ring (bicyclic) bond motifs is 2. The zero-order chi connectivity index (χ0) is 23.0. The van der Waals surface area contributed by atoms with Crippen LogP contribution in [0.4, 0.5) is 18.9 Å². The minimum atomic E-state index is -4.12. The molecule has 1 aliphatic heterocycles. The van der Waals surface area contributed by atoms with E-state index in [0.717, 1.165) is 35.9 Å². The fourth-order valence-electron chi connectivity index (χ4n) is 5.29. The van der Waals surface area contributed by atoms with Crippen LogP contribution >= 0.6 is 11.3 Å². The molecule has 3 aromatic rings. The van der Waals surface area contributed by atoms with Crippen molar-refractivity contribution in [3.63, 3.8) is 0 Å². The zero-order valence-electron chi connectivity index (χ0n) is 17.9. The van der Waals surface area contributed by atoms with Crippen LogP contribution in [0.1, 0.15) is 29.8 Å². The number of anilines is 1. The van der Waals surface area contributed by atoms with E-state index in [2.05, 4.69) is 15.3 Å². The van der Waals surface area contributed by atoms with Crippen LogP contribution in [-0.4, -0.2) is 53.2 Å². The third-order valence-corrected chi connectivity index (χ3v) is 7.27. The second kappa shape index (κ2) is 8.98. The van der Waals surface area contributed by atoms with E-state index in [1.54, 1.807) is 22.0 Å². The third kappa shape index (κ3) is 5.16. The van der Waals surface area contributed by atoms with Crippen LogP contribution in [0.2, 0.25) is 0 Å². The molecule has 0 unspecified atom stereocenters. The molecule has 1 amide bonds. The van der Waals surface area contributed by atoms with Gasteiger partial charge in [0.2, 0.25) is 0 Å². The lowest BCUT2D eigenvalue weighted by Gasteiger charge is -2.20. The molecule has 3 atom stereocenters. The Morgan fingerprint density at radius 3 is 2.76 bits per heavy atom. The SMILES string of the molecule is O=C(Nc1c[nH]c2ccc(OCC[C@@H]3C[C@@H]4CN(CC(F)(F)F)C[C@@H]4C3)cc12)c1cscn1. The maximum absolute atomic E-state index is 12.6. The van der Waals surface area contributed by atoms with Gasteiger partial charge >= 0.3 is 6.18 Å². The number of benzene rings is 1. The summed E-state index contributed by atoms with van der Waals surface area (Å²) in [6.45, 7) is 0.886. The highest BCUT2D eigenvalue weighted by molar-refractivity contribution is 7.07. The molecule has 0 bridgehead atoms. The highest BCUT2D eigenvalue weighted by atomic mass is 32.1. The number of hydrogen-bond donors (Lipinski definition) is 2. The first-order valence-corrected chi connectivity index (χ1v) is 12.0. The van der Waals surface area contributed by atoms with Gasteiger partial charge in [-0.05, 0) is 55.2 Å². The van der Waals surface area contributed by atoms with E-state index in [1.807, 2.05) is 18.2 Å². The van der Waals surface area contributed by atoms with Gasteiger partial charge in [-0.2, -0.15) is 13.2 Å². The van der Waals surface area contributed by atoms with Crippen molar-refractivity contribution in [3.05, 3.63) is 41.0 Å². The Labute approximate surface area is 193 Å². The van der Waals surface area contributed by atoms with E-state index < -0.39 is 12.7 Å². The second-order valence-electron chi connectivity index (χ2n) is 9.04. The molecule has 33 heavy (non-hydrogen) atoms. The van der Waals surface area contributed by atoms with Gasteiger partial charge in [0.1, 0.15) is 11.4 Å². The predicted octanol–water partition coefficient (Wildman–Crippen LogP) is 5.17. The number of thiazole rings is 1. The summed E-state index contributed by atoms with van der Waals surface area (Å²) in [4.78, 5) is 21.1. The van der Waals surface area contributed by atoms with E-state index in [4.69, 9.17) is 4.74 Å². The standard InChI is InChI=1S/C23H25F3N4O2S/c24-23(25,26)12-30-9-15-5-14(6-16(15)10-30)3-4-32-17-1-2-19-18(7-17)20(8-27-19)29-22(31)21-11-33-13-28-21/h1-2,7-8,11,13-16,27H,3-6,9-10,12H2,(H,29,31)/t14-,15-,16+. The molecule has 10 heteroatoms. The summed E-state index contributed by atoms with van der Waals surface area (Å²) in [7, 11) is 0. The van der Waals surface area contributed by atoms with Crippen LogP contribution in [0.5, 0.6) is 5.75 Å². The fraction of sp³-hybridized carbons (Fsp3) is 0.478. The van der Waals surface area contributed by atoms with Crippen molar-refractivity contribution in [2.24, 2.45) is 17.8 Å². The molecule has 0 radical (unpaired) electrons. The molecule has 1 aromatic carbocycles. The van der Waals surface area contributed by atoms with E-state index in [1.165, 1.54) is 11.3 Å². The summed E-state index contributed by atoms with van der Waals surface area (Å²) in [5, 5.41) is 5.44. The number of carbonyl (C=O) groups excluding carboxylic acids is 1. The van der Waals surface area contributed by atoms with Crippen molar-refractivity contribution in [1.29, 1.82) is 0 Å². The Bertz CT molecular complexity index is 1100. The highest BCUT2D eigenvalue weighted by Crippen LogP contribution is 2.43. The van der Waals surface area contributed by atoms with Crippen LogP contribution in [0, 0.1) is 17.8 Å². The summed E-state index contributed by atoms with van der Waals surface area (Å²) >= 11 is 1.37. The molecule has 2 aliphatic rings. The second-order valence-corrected chi connectivity index (χ2v) is 9.76. The molecule has 1 saturated heterocycles. The molecule has 6 nitrogen and oxygen atoms in total. The Balaban J connectivity index is 1.13. The highest BCUT2D eigenvalue weighted by Gasteiger charge is 2.43. The van der Waals surface area contributed by atoms with Crippen molar-refractivity contribution in [2.45, 2.75) is 25.4 Å². The van der Waals surface area contributed by atoms with Crippen LogP contribution in [-0.2, 0) is 0 Å². The Morgan fingerprint density at radius 1 is 1.27 bits per heavy atom. The Hall–Kier alpha value is -2.59. The van der Waals surface area contributed by atoms with Crippen molar-refractivity contribution in [1.82, 2.24) is 14.9 Å². The van der Waals surface area contributed by atoms with Crippen LogP contribution in [0.3, 0.4) is 0 Å². The summed E-state index contributed by atoms with van der Waals surface area (Å²) in [5.74, 6) is 1.71. The van der Waals surface area contributed by atoms with Crippen molar-refractivity contribution in [2.75, 3.05) is 31.6 Å². The van der Waals surface area contributed by atoms with E-state index in [0.29, 0.717) is 48.8 Å². The molecule has 3 heterocycles.